The zero-order valence-electron chi connectivity index (χ0n) is 15.9. The van der Waals surface area contributed by atoms with Crippen LogP contribution in [-0.4, -0.2) is 28.5 Å². The van der Waals surface area contributed by atoms with Crippen molar-refractivity contribution in [3.8, 4) is 5.75 Å². The number of hydrogen-bond acceptors (Lipinski definition) is 3. The Morgan fingerprint density at radius 3 is 3.07 bits per heavy atom. The van der Waals surface area contributed by atoms with Gasteiger partial charge in [-0.2, -0.15) is 0 Å². The molecule has 4 rings (SSSR count). The summed E-state index contributed by atoms with van der Waals surface area (Å²) in [6.07, 6.45) is 3.85. The van der Waals surface area contributed by atoms with Gasteiger partial charge in [0.1, 0.15) is 23.5 Å². The largest absolute Gasteiger partial charge is 0.490 e. The predicted octanol–water partition coefficient (Wildman–Crippen LogP) is 3.71. The number of rotatable bonds is 7. The summed E-state index contributed by atoms with van der Waals surface area (Å²) in [5.74, 6) is 1.55. The fourth-order valence-corrected chi connectivity index (χ4v) is 3.61. The molecule has 0 fully saturated rings. The highest BCUT2D eigenvalue weighted by molar-refractivity contribution is 5.76. The summed E-state index contributed by atoms with van der Waals surface area (Å²) in [7, 11) is 0. The predicted molar refractivity (Wildman–Crippen MR) is 106 cm³/mol. The molecule has 1 atom stereocenters. The molecule has 0 bridgehead atoms. The van der Waals surface area contributed by atoms with Gasteiger partial charge in [-0.3, -0.25) is 4.79 Å². The second kappa shape index (κ2) is 8.00. The molecule has 28 heavy (non-hydrogen) atoms. The van der Waals surface area contributed by atoms with Gasteiger partial charge >= 0.3 is 0 Å². The number of ether oxygens (including phenoxy) is 1. The van der Waals surface area contributed by atoms with Gasteiger partial charge in [-0.25, -0.2) is 9.37 Å². The number of benzene rings is 2. The summed E-state index contributed by atoms with van der Waals surface area (Å²) in [5, 5.41) is 2.96. The SMILES string of the molecule is C[C@H]1Cc2cc(CCC(=O)NCCCc3nc4ccc(F)cc4[nH]3)ccc2O1. The zero-order chi connectivity index (χ0) is 19.5. The molecule has 0 saturated carbocycles. The Hall–Kier alpha value is -2.89. The molecular weight excluding hydrogens is 357 g/mol. The van der Waals surface area contributed by atoms with Gasteiger partial charge in [0.05, 0.1) is 11.0 Å². The molecule has 2 N–H and O–H groups in total. The lowest BCUT2D eigenvalue weighted by atomic mass is 10.0. The van der Waals surface area contributed by atoms with E-state index < -0.39 is 0 Å². The van der Waals surface area contributed by atoms with Crippen LogP contribution in [0.5, 0.6) is 5.75 Å². The molecule has 2 heterocycles. The van der Waals surface area contributed by atoms with Crippen molar-refractivity contribution >= 4 is 16.9 Å². The Morgan fingerprint density at radius 2 is 2.18 bits per heavy atom. The standard InChI is InChI=1S/C22H24FN3O2/c1-14-11-16-12-15(4-8-20(16)28-14)5-9-22(27)24-10-2-3-21-25-18-7-6-17(23)13-19(18)26-21/h4,6-8,12-14H,2-3,5,9-11H2,1H3,(H,24,27)(H,25,26)/t14-/m0/s1. The van der Waals surface area contributed by atoms with Crippen molar-refractivity contribution < 1.29 is 13.9 Å². The van der Waals surface area contributed by atoms with Gasteiger partial charge < -0.3 is 15.0 Å². The minimum atomic E-state index is -0.277. The lowest BCUT2D eigenvalue weighted by Crippen LogP contribution is -2.25. The Kier molecular flexibility index (Phi) is 5.28. The number of carbonyl (C=O) groups excluding carboxylic acids is 1. The Bertz CT molecular complexity index is 999. The number of nitrogens with one attached hydrogen (secondary N) is 2. The van der Waals surface area contributed by atoms with Crippen molar-refractivity contribution in [3.63, 3.8) is 0 Å². The van der Waals surface area contributed by atoms with Crippen LogP contribution < -0.4 is 10.1 Å². The maximum atomic E-state index is 13.2. The van der Waals surface area contributed by atoms with Crippen molar-refractivity contribution in [2.24, 2.45) is 0 Å². The second-order valence-electron chi connectivity index (χ2n) is 7.37. The molecule has 2 aromatic carbocycles. The zero-order valence-corrected chi connectivity index (χ0v) is 15.9. The van der Waals surface area contributed by atoms with Crippen molar-refractivity contribution in [2.75, 3.05) is 6.54 Å². The van der Waals surface area contributed by atoms with Crippen LogP contribution >= 0.6 is 0 Å². The number of amides is 1. The van der Waals surface area contributed by atoms with Crippen LogP contribution in [0, 0.1) is 5.82 Å². The average molecular weight is 381 g/mol. The van der Waals surface area contributed by atoms with Gasteiger partial charge in [-0.15, -0.1) is 0 Å². The monoisotopic (exact) mass is 381 g/mol. The van der Waals surface area contributed by atoms with E-state index in [-0.39, 0.29) is 17.8 Å². The van der Waals surface area contributed by atoms with E-state index in [1.807, 2.05) is 12.1 Å². The van der Waals surface area contributed by atoms with Gasteiger partial charge in [0, 0.05) is 25.8 Å². The number of fused-ring (bicyclic) bond motifs is 2. The highest BCUT2D eigenvalue weighted by atomic mass is 19.1. The lowest BCUT2D eigenvalue weighted by molar-refractivity contribution is -0.121. The molecule has 146 valence electrons. The molecule has 1 aliphatic heterocycles. The molecule has 3 aromatic rings. The number of aryl methyl sites for hydroxylation is 2. The highest BCUT2D eigenvalue weighted by Gasteiger charge is 2.18. The van der Waals surface area contributed by atoms with E-state index in [1.54, 1.807) is 6.07 Å². The number of aromatic amines is 1. The molecule has 0 unspecified atom stereocenters. The number of hydrogen-bond donors (Lipinski definition) is 2. The number of nitrogens with zero attached hydrogens (tertiary/aromatic N) is 1. The van der Waals surface area contributed by atoms with Crippen LogP contribution in [0.1, 0.15) is 36.7 Å². The van der Waals surface area contributed by atoms with Crippen LogP contribution in [0.15, 0.2) is 36.4 Å². The molecule has 0 saturated heterocycles. The molecule has 0 radical (unpaired) electrons. The van der Waals surface area contributed by atoms with Gasteiger partial charge in [0.15, 0.2) is 0 Å². The van der Waals surface area contributed by atoms with E-state index >= 15 is 0 Å². The molecule has 1 aliphatic rings. The van der Waals surface area contributed by atoms with Crippen LogP contribution in [0.3, 0.4) is 0 Å². The van der Waals surface area contributed by atoms with Gasteiger partial charge in [0.2, 0.25) is 5.91 Å². The third kappa shape index (κ3) is 4.32. The lowest BCUT2D eigenvalue weighted by Gasteiger charge is -2.06. The van der Waals surface area contributed by atoms with Crippen molar-refractivity contribution in [3.05, 3.63) is 59.2 Å². The van der Waals surface area contributed by atoms with Crippen LogP contribution in [0.25, 0.3) is 11.0 Å². The minimum absolute atomic E-state index is 0.0526. The fourth-order valence-electron chi connectivity index (χ4n) is 3.61. The van der Waals surface area contributed by atoms with Crippen LogP contribution in [0.4, 0.5) is 4.39 Å². The number of halogens is 1. The first-order valence-corrected chi connectivity index (χ1v) is 9.76. The van der Waals surface area contributed by atoms with Gasteiger partial charge in [-0.05, 0) is 55.2 Å². The maximum absolute atomic E-state index is 13.2. The highest BCUT2D eigenvalue weighted by Crippen LogP contribution is 2.29. The summed E-state index contributed by atoms with van der Waals surface area (Å²) >= 11 is 0. The maximum Gasteiger partial charge on any atom is 0.220 e. The van der Waals surface area contributed by atoms with Crippen LogP contribution in [-0.2, 0) is 24.1 Å². The topological polar surface area (TPSA) is 67.0 Å². The van der Waals surface area contributed by atoms with Crippen LogP contribution in [0.2, 0.25) is 0 Å². The van der Waals surface area contributed by atoms with Gasteiger partial charge in [-0.1, -0.05) is 12.1 Å². The first-order valence-electron chi connectivity index (χ1n) is 9.76. The minimum Gasteiger partial charge on any atom is -0.490 e. The number of carbonyl (C=O) groups is 1. The van der Waals surface area contributed by atoms with E-state index in [0.717, 1.165) is 36.4 Å². The average Bonchev–Trinajstić information content (AvgIpc) is 3.24. The third-order valence-corrected chi connectivity index (χ3v) is 5.01. The Labute approximate surface area is 163 Å². The quantitative estimate of drug-likeness (QED) is 0.613. The van der Waals surface area contributed by atoms with Crippen molar-refractivity contribution in [2.45, 2.75) is 45.1 Å². The Morgan fingerprint density at radius 1 is 1.29 bits per heavy atom. The van der Waals surface area contributed by atoms with E-state index in [9.17, 15) is 9.18 Å². The fraction of sp³-hybridized carbons (Fsp3) is 0.364. The molecule has 1 aromatic heterocycles. The number of imidazole rings is 1. The molecule has 0 spiro atoms. The smallest absolute Gasteiger partial charge is 0.220 e. The molecule has 0 aliphatic carbocycles. The summed E-state index contributed by atoms with van der Waals surface area (Å²) in [4.78, 5) is 19.6. The number of H-pyrrole nitrogens is 1. The molecule has 5 nitrogen and oxygen atoms in total. The van der Waals surface area contributed by atoms with Gasteiger partial charge in [0.25, 0.3) is 0 Å². The van der Waals surface area contributed by atoms with Crippen molar-refractivity contribution in [1.29, 1.82) is 0 Å². The van der Waals surface area contributed by atoms with E-state index in [4.69, 9.17) is 4.74 Å². The normalized spacial score (nSPS) is 15.4. The number of aromatic nitrogens is 2. The van der Waals surface area contributed by atoms with E-state index in [2.05, 4.69) is 28.3 Å². The summed E-state index contributed by atoms with van der Waals surface area (Å²) in [6, 6.07) is 10.7. The summed E-state index contributed by atoms with van der Waals surface area (Å²) < 4.78 is 18.9. The Balaban J connectivity index is 1.19. The molecular formula is C22H24FN3O2. The third-order valence-electron chi connectivity index (χ3n) is 5.01. The molecule has 6 heteroatoms. The first-order chi connectivity index (χ1) is 13.6. The summed E-state index contributed by atoms with van der Waals surface area (Å²) in [6.45, 7) is 2.66. The van der Waals surface area contributed by atoms with E-state index in [1.165, 1.54) is 23.3 Å². The summed E-state index contributed by atoms with van der Waals surface area (Å²) in [5.41, 5.74) is 3.86. The first kappa shape index (κ1) is 18.5. The molecule has 1 amide bonds. The van der Waals surface area contributed by atoms with Crippen molar-refractivity contribution in [1.82, 2.24) is 15.3 Å². The second-order valence-corrected chi connectivity index (χ2v) is 7.37. The van der Waals surface area contributed by atoms with E-state index in [0.29, 0.717) is 24.9 Å².